The largest absolute Gasteiger partial charge is 0.366 e. The standard InChI is InChI=1S/C23H25N3O/c1-3-26(17-19-10-5-4-6-11-19)21-13-14-22(24-16-21)23(27)25-15-20-12-8-7-9-18(20)2/h4-14,16H,3,15,17H2,1-2H3,(H,25,27). The van der Waals surface area contributed by atoms with Crippen molar-refractivity contribution >= 4 is 11.6 Å². The Kier molecular flexibility index (Phi) is 6.21. The molecule has 3 aromatic rings. The lowest BCUT2D eigenvalue weighted by Gasteiger charge is -2.23. The zero-order chi connectivity index (χ0) is 19.1. The summed E-state index contributed by atoms with van der Waals surface area (Å²) in [4.78, 5) is 19.0. The van der Waals surface area contributed by atoms with Crippen molar-refractivity contribution in [2.75, 3.05) is 11.4 Å². The Bertz CT molecular complexity index is 876. The quantitative estimate of drug-likeness (QED) is 0.682. The van der Waals surface area contributed by atoms with Gasteiger partial charge in [0, 0.05) is 19.6 Å². The number of aromatic nitrogens is 1. The first-order valence-corrected chi connectivity index (χ1v) is 9.25. The van der Waals surface area contributed by atoms with Crippen LogP contribution < -0.4 is 10.2 Å². The van der Waals surface area contributed by atoms with E-state index in [9.17, 15) is 4.79 Å². The molecule has 1 amide bonds. The van der Waals surface area contributed by atoms with E-state index in [0.717, 1.165) is 24.3 Å². The van der Waals surface area contributed by atoms with Crippen LogP contribution >= 0.6 is 0 Å². The molecule has 138 valence electrons. The van der Waals surface area contributed by atoms with Gasteiger partial charge in [-0.3, -0.25) is 4.79 Å². The Labute approximate surface area is 160 Å². The van der Waals surface area contributed by atoms with E-state index in [0.29, 0.717) is 12.2 Å². The summed E-state index contributed by atoms with van der Waals surface area (Å²) < 4.78 is 0. The lowest BCUT2D eigenvalue weighted by molar-refractivity contribution is 0.0946. The highest BCUT2D eigenvalue weighted by Gasteiger charge is 2.10. The number of amides is 1. The molecule has 2 aromatic carbocycles. The maximum absolute atomic E-state index is 12.4. The van der Waals surface area contributed by atoms with Crippen LogP contribution in [0, 0.1) is 6.92 Å². The Balaban J connectivity index is 1.63. The number of rotatable bonds is 7. The fourth-order valence-corrected chi connectivity index (χ4v) is 2.97. The molecule has 4 nitrogen and oxygen atoms in total. The summed E-state index contributed by atoms with van der Waals surface area (Å²) in [6, 6.07) is 22.1. The maximum Gasteiger partial charge on any atom is 0.270 e. The number of anilines is 1. The first kappa shape index (κ1) is 18.6. The molecule has 0 aliphatic heterocycles. The molecule has 1 aromatic heterocycles. The van der Waals surface area contributed by atoms with Gasteiger partial charge < -0.3 is 10.2 Å². The van der Waals surface area contributed by atoms with Gasteiger partial charge in [-0.05, 0) is 42.7 Å². The Hall–Kier alpha value is -3.14. The fraction of sp³-hybridized carbons (Fsp3) is 0.217. The lowest BCUT2D eigenvalue weighted by atomic mass is 10.1. The number of pyridine rings is 1. The molecule has 0 saturated carbocycles. The number of hydrogen-bond acceptors (Lipinski definition) is 3. The molecule has 0 saturated heterocycles. The normalized spacial score (nSPS) is 10.4. The minimum Gasteiger partial charge on any atom is -0.366 e. The topological polar surface area (TPSA) is 45.2 Å². The molecule has 0 atom stereocenters. The van der Waals surface area contributed by atoms with Gasteiger partial charge in [0.05, 0.1) is 11.9 Å². The van der Waals surface area contributed by atoms with Gasteiger partial charge in [0.25, 0.3) is 5.91 Å². The van der Waals surface area contributed by atoms with Crippen molar-refractivity contribution in [3.63, 3.8) is 0 Å². The van der Waals surface area contributed by atoms with Crippen molar-refractivity contribution < 1.29 is 4.79 Å². The second kappa shape index (κ2) is 8.99. The molecule has 0 spiro atoms. The van der Waals surface area contributed by atoms with E-state index in [-0.39, 0.29) is 5.91 Å². The Morgan fingerprint density at radius 1 is 1.00 bits per heavy atom. The van der Waals surface area contributed by atoms with E-state index in [1.165, 1.54) is 11.1 Å². The highest BCUT2D eigenvalue weighted by Crippen LogP contribution is 2.16. The Morgan fingerprint density at radius 2 is 1.74 bits per heavy atom. The van der Waals surface area contributed by atoms with Crippen LogP contribution in [0.1, 0.15) is 34.1 Å². The summed E-state index contributed by atoms with van der Waals surface area (Å²) in [6.45, 7) is 6.35. The summed E-state index contributed by atoms with van der Waals surface area (Å²) in [5.41, 5.74) is 4.97. The number of hydrogen-bond donors (Lipinski definition) is 1. The van der Waals surface area contributed by atoms with Crippen molar-refractivity contribution in [3.05, 3.63) is 95.3 Å². The van der Waals surface area contributed by atoms with Crippen LogP contribution in [0.3, 0.4) is 0 Å². The molecule has 0 radical (unpaired) electrons. The number of carbonyl (C=O) groups is 1. The van der Waals surface area contributed by atoms with Crippen LogP contribution in [0.4, 0.5) is 5.69 Å². The lowest BCUT2D eigenvalue weighted by Crippen LogP contribution is -2.25. The van der Waals surface area contributed by atoms with E-state index < -0.39 is 0 Å². The number of aryl methyl sites for hydroxylation is 1. The molecular weight excluding hydrogens is 334 g/mol. The summed E-state index contributed by atoms with van der Waals surface area (Å²) in [5.74, 6) is -0.157. The van der Waals surface area contributed by atoms with Crippen LogP contribution in [0.15, 0.2) is 72.9 Å². The van der Waals surface area contributed by atoms with Crippen molar-refractivity contribution in [2.45, 2.75) is 26.9 Å². The molecule has 0 aliphatic carbocycles. The zero-order valence-corrected chi connectivity index (χ0v) is 15.9. The molecule has 0 unspecified atom stereocenters. The van der Waals surface area contributed by atoms with Crippen LogP contribution in [0.5, 0.6) is 0 Å². The number of carbonyl (C=O) groups excluding carboxylic acids is 1. The van der Waals surface area contributed by atoms with E-state index in [2.05, 4.69) is 34.3 Å². The second-order valence-corrected chi connectivity index (χ2v) is 6.51. The summed E-state index contributed by atoms with van der Waals surface area (Å²) >= 11 is 0. The van der Waals surface area contributed by atoms with Crippen LogP contribution in [-0.4, -0.2) is 17.4 Å². The number of nitrogens with zero attached hydrogens (tertiary/aromatic N) is 2. The third-order valence-electron chi connectivity index (χ3n) is 4.64. The molecule has 4 heteroatoms. The van der Waals surface area contributed by atoms with Gasteiger partial charge in [-0.25, -0.2) is 4.98 Å². The van der Waals surface area contributed by atoms with Gasteiger partial charge in [-0.1, -0.05) is 54.6 Å². The van der Waals surface area contributed by atoms with Gasteiger partial charge >= 0.3 is 0 Å². The van der Waals surface area contributed by atoms with Crippen molar-refractivity contribution in [1.29, 1.82) is 0 Å². The van der Waals surface area contributed by atoms with E-state index in [1.807, 2.05) is 55.5 Å². The van der Waals surface area contributed by atoms with Crippen molar-refractivity contribution in [1.82, 2.24) is 10.3 Å². The fourth-order valence-electron chi connectivity index (χ4n) is 2.97. The van der Waals surface area contributed by atoms with Gasteiger partial charge in [-0.2, -0.15) is 0 Å². The third-order valence-corrected chi connectivity index (χ3v) is 4.64. The average molecular weight is 359 g/mol. The highest BCUT2D eigenvalue weighted by molar-refractivity contribution is 5.92. The molecular formula is C23H25N3O. The SMILES string of the molecule is CCN(Cc1ccccc1)c1ccc(C(=O)NCc2ccccc2C)nc1. The minimum absolute atomic E-state index is 0.157. The van der Waals surface area contributed by atoms with Gasteiger partial charge in [-0.15, -0.1) is 0 Å². The predicted molar refractivity (Wildman–Crippen MR) is 110 cm³/mol. The molecule has 27 heavy (non-hydrogen) atoms. The predicted octanol–water partition coefficient (Wildman–Crippen LogP) is 4.35. The summed E-state index contributed by atoms with van der Waals surface area (Å²) in [6.07, 6.45) is 1.77. The monoisotopic (exact) mass is 359 g/mol. The number of nitrogens with one attached hydrogen (secondary N) is 1. The van der Waals surface area contributed by atoms with Crippen molar-refractivity contribution in [3.8, 4) is 0 Å². The zero-order valence-electron chi connectivity index (χ0n) is 15.9. The third kappa shape index (κ3) is 4.94. The summed E-state index contributed by atoms with van der Waals surface area (Å²) in [7, 11) is 0. The van der Waals surface area contributed by atoms with E-state index in [1.54, 1.807) is 12.3 Å². The number of benzene rings is 2. The molecule has 1 heterocycles. The maximum atomic E-state index is 12.4. The van der Waals surface area contributed by atoms with Gasteiger partial charge in [0.1, 0.15) is 5.69 Å². The molecule has 1 N–H and O–H groups in total. The molecule has 0 fully saturated rings. The van der Waals surface area contributed by atoms with Gasteiger partial charge in [0.15, 0.2) is 0 Å². The average Bonchev–Trinajstić information content (AvgIpc) is 2.72. The Morgan fingerprint density at radius 3 is 2.41 bits per heavy atom. The smallest absolute Gasteiger partial charge is 0.270 e. The van der Waals surface area contributed by atoms with Crippen LogP contribution in [-0.2, 0) is 13.1 Å². The first-order valence-electron chi connectivity index (χ1n) is 9.25. The first-order chi connectivity index (χ1) is 13.2. The van der Waals surface area contributed by atoms with Gasteiger partial charge in [0.2, 0.25) is 0 Å². The second-order valence-electron chi connectivity index (χ2n) is 6.51. The molecule has 0 bridgehead atoms. The van der Waals surface area contributed by atoms with Crippen LogP contribution in [0.25, 0.3) is 0 Å². The van der Waals surface area contributed by atoms with E-state index >= 15 is 0 Å². The highest BCUT2D eigenvalue weighted by atomic mass is 16.1. The van der Waals surface area contributed by atoms with Crippen LogP contribution in [0.2, 0.25) is 0 Å². The summed E-state index contributed by atoms with van der Waals surface area (Å²) in [5, 5.41) is 2.94. The van der Waals surface area contributed by atoms with E-state index in [4.69, 9.17) is 0 Å². The van der Waals surface area contributed by atoms with Crippen molar-refractivity contribution in [2.24, 2.45) is 0 Å². The molecule has 3 rings (SSSR count). The molecule has 0 aliphatic rings. The minimum atomic E-state index is -0.157.